The molecule has 0 fully saturated rings. The molecule has 0 aliphatic rings. The molecule has 0 spiro atoms. The zero-order valence-electron chi connectivity index (χ0n) is 13.8. The number of carbonyl (C=O) groups excluding carboxylic acids is 1. The van der Waals surface area contributed by atoms with Crippen LogP contribution in [0.15, 0.2) is 42.5 Å². The van der Waals surface area contributed by atoms with E-state index in [2.05, 4.69) is 20.2 Å². The monoisotopic (exact) mass is 440 g/mol. The van der Waals surface area contributed by atoms with Gasteiger partial charge in [-0.25, -0.2) is 8.42 Å². The Labute approximate surface area is 168 Å². The number of anilines is 2. The molecule has 1 amide bonds. The van der Waals surface area contributed by atoms with Crippen LogP contribution in [0, 0.1) is 0 Å². The predicted molar refractivity (Wildman–Crippen MR) is 111 cm³/mol. The van der Waals surface area contributed by atoms with Gasteiger partial charge in [0.15, 0.2) is 0 Å². The largest absolute Gasteiger partial charge is 0.297 e. The average Bonchev–Trinajstić information content (AvgIpc) is 3.21. The number of sulfonamides is 1. The highest BCUT2D eigenvalue weighted by Gasteiger charge is 2.10. The summed E-state index contributed by atoms with van der Waals surface area (Å²) >= 11 is 8.46. The molecule has 3 rings (SSSR count). The van der Waals surface area contributed by atoms with E-state index in [1.807, 2.05) is 36.4 Å². The van der Waals surface area contributed by atoms with Gasteiger partial charge in [-0.15, -0.1) is 21.5 Å². The fraction of sp³-hybridized carbons (Fsp3) is 0.0625. The van der Waals surface area contributed by atoms with Crippen molar-refractivity contribution in [3.8, 4) is 10.4 Å². The second-order valence-electron chi connectivity index (χ2n) is 5.32. The SMILES string of the molecule is CS(=O)(=O)Nc1nnc(NC(=O)/C=C/c2ccc(-c3cccc(Cl)c3)s2)s1. The lowest BCUT2D eigenvalue weighted by Crippen LogP contribution is -2.09. The molecule has 0 bridgehead atoms. The van der Waals surface area contributed by atoms with Crippen molar-refractivity contribution in [3.63, 3.8) is 0 Å². The first-order valence-corrected chi connectivity index (χ1v) is 11.3. The molecule has 0 unspecified atom stereocenters. The number of rotatable bonds is 6. The Morgan fingerprint density at radius 1 is 1.15 bits per heavy atom. The lowest BCUT2D eigenvalue weighted by molar-refractivity contribution is -0.111. The number of thiophene rings is 1. The summed E-state index contributed by atoms with van der Waals surface area (Å²) in [6, 6.07) is 11.4. The lowest BCUT2D eigenvalue weighted by Gasteiger charge is -1.97. The molecule has 1 aromatic carbocycles. The molecule has 2 aromatic heterocycles. The predicted octanol–water partition coefficient (Wildman–Crippen LogP) is 3.94. The summed E-state index contributed by atoms with van der Waals surface area (Å²) in [5.41, 5.74) is 1.01. The van der Waals surface area contributed by atoms with Gasteiger partial charge in [-0.05, 0) is 35.9 Å². The van der Waals surface area contributed by atoms with Gasteiger partial charge in [-0.2, -0.15) is 0 Å². The van der Waals surface area contributed by atoms with Crippen LogP contribution in [0.3, 0.4) is 0 Å². The minimum absolute atomic E-state index is 0.0844. The maximum Gasteiger partial charge on any atom is 0.250 e. The highest BCUT2D eigenvalue weighted by molar-refractivity contribution is 7.92. The van der Waals surface area contributed by atoms with Crippen LogP contribution in [0.4, 0.5) is 10.3 Å². The van der Waals surface area contributed by atoms with Crippen molar-refractivity contribution in [2.75, 3.05) is 16.3 Å². The Morgan fingerprint density at radius 2 is 1.93 bits per heavy atom. The summed E-state index contributed by atoms with van der Waals surface area (Å²) < 4.78 is 24.5. The third kappa shape index (κ3) is 5.86. The van der Waals surface area contributed by atoms with Crippen LogP contribution in [0.25, 0.3) is 16.5 Å². The summed E-state index contributed by atoms with van der Waals surface area (Å²) in [4.78, 5) is 13.9. The molecular weight excluding hydrogens is 428 g/mol. The molecule has 11 heteroatoms. The minimum atomic E-state index is -3.44. The van der Waals surface area contributed by atoms with E-state index in [0.29, 0.717) is 5.02 Å². The van der Waals surface area contributed by atoms with E-state index in [1.165, 1.54) is 17.4 Å². The Morgan fingerprint density at radius 3 is 2.67 bits per heavy atom. The van der Waals surface area contributed by atoms with Crippen LogP contribution in [-0.4, -0.2) is 30.8 Å². The molecule has 0 aliphatic heterocycles. The Hall–Kier alpha value is -2.27. The maximum absolute atomic E-state index is 12.0. The van der Waals surface area contributed by atoms with Crippen molar-refractivity contribution in [1.82, 2.24) is 10.2 Å². The third-order valence-electron chi connectivity index (χ3n) is 3.06. The minimum Gasteiger partial charge on any atom is -0.297 e. The lowest BCUT2D eigenvalue weighted by atomic mass is 10.2. The first-order valence-electron chi connectivity index (χ1n) is 7.45. The summed E-state index contributed by atoms with van der Waals surface area (Å²) in [5.74, 6) is -0.394. The fourth-order valence-corrected chi connectivity index (χ4v) is 4.59. The summed E-state index contributed by atoms with van der Waals surface area (Å²) in [7, 11) is -3.44. The van der Waals surface area contributed by atoms with Gasteiger partial charge in [-0.1, -0.05) is 35.1 Å². The molecule has 0 atom stereocenters. The molecule has 0 aliphatic carbocycles. The fourth-order valence-electron chi connectivity index (χ4n) is 2.02. The molecule has 7 nitrogen and oxygen atoms in total. The van der Waals surface area contributed by atoms with Crippen LogP contribution in [0.5, 0.6) is 0 Å². The number of nitrogens with one attached hydrogen (secondary N) is 2. The van der Waals surface area contributed by atoms with Gasteiger partial charge < -0.3 is 0 Å². The van der Waals surface area contributed by atoms with Crippen LogP contribution in [0.1, 0.15) is 4.88 Å². The second-order valence-corrected chi connectivity index (χ2v) is 9.60. The summed E-state index contributed by atoms with van der Waals surface area (Å²) in [6.45, 7) is 0. The number of hydrogen-bond acceptors (Lipinski definition) is 7. The van der Waals surface area contributed by atoms with Crippen LogP contribution < -0.4 is 10.0 Å². The highest BCUT2D eigenvalue weighted by Crippen LogP contribution is 2.30. The van der Waals surface area contributed by atoms with Crippen molar-refractivity contribution < 1.29 is 13.2 Å². The van der Waals surface area contributed by atoms with E-state index in [-0.39, 0.29) is 10.3 Å². The number of hydrogen-bond donors (Lipinski definition) is 2. The van der Waals surface area contributed by atoms with Gasteiger partial charge in [-0.3, -0.25) is 14.8 Å². The van der Waals surface area contributed by atoms with Crippen LogP contribution >= 0.6 is 34.3 Å². The topological polar surface area (TPSA) is 101 Å². The number of benzene rings is 1. The van der Waals surface area contributed by atoms with Crippen LogP contribution in [0.2, 0.25) is 5.02 Å². The third-order valence-corrected chi connectivity index (χ3v) is 5.84. The van der Waals surface area contributed by atoms with Gasteiger partial charge in [0.25, 0.3) is 0 Å². The maximum atomic E-state index is 12.0. The van der Waals surface area contributed by atoms with E-state index in [4.69, 9.17) is 11.6 Å². The Kier molecular flexibility index (Phi) is 5.90. The van der Waals surface area contributed by atoms with Crippen LogP contribution in [-0.2, 0) is 14.8 Å². The molecule has 3 aromatic rings. The van der Waals surface area contributed by atoms with Gasteiger partial charge in [0.2, 0.25) is 26.2 Å². The zero-order valence-corrected chi connectivity index (χ0v) is 17.0. The van der Waals surface area contributed by atoms with Crippen molar-refractivity contribution >= 4 is 66.5 Å². The van der Waals surface area contributed by atoms with Gasteiger partial charge >= 0.3 is 0 Å². The van der Waals surface area contributed by atoms with Crippen molar-refractivity contribution in [2.45, 2.75) is 0 Å². The molecule has 27 heavy (non-hydrogen) atoms. The quantitative estimate of drug-likeness (QED) is 0.565. The van der Waals surface area contributed by atoms with E-state index in [0.717, 1.165) is 32.9 Å². The van der Waals surface area contributed by atoms with E-state index in [1.54, 1.807) is 6.08 Å². The molecule has 0 saturated carbocycles. The Balaban J connectivity index is 1.62. The van der Waals surface area contributed by atoms with E-state index >= 15 is 0 Å². The Bertz CT molecular complexity index is 1110. The molecular formula is C16H13ClN4O3S3. The van der Waals surface area contributed by atoms with Gasteiger partial charge in [0.1, 0.15) is 0 Å². The smallest absolute Gasteiger partial charge is 0.250 e. The summed E-state index contributed by atoms with van der Waals surface area (Å²) in [5, 5.41) is 10.8. The summed E-state index contributed by atoms with van der Waals surface area (Å²) in [6.07, 6.45) is 4.07. The van der Waals surface area contributed by atoms with Gasteiger partial charge in [0.05, 0.1) is 6.26 Å². The zero-order chi connectivity index (χ0) is 19.4. The number of nitrogens with zero attached hydrogens (tertiary/aromatic N) is 2. The molecule has 2 N–H and O–H groups in total. The van der Waals surface area contributed by atoms with Crippen molar-refractivity contribution in [3.05, 3.63) is 52.4 Å². The standard InChI is InChI=1S/C16H13ClN4O3S3/c1-27(23,24)21-16-20-19-15(26-16)18-14(22)8-6-12-5-7-13(25-12)10-3-2-4-11(17)9-10/h2-9H,1H3,(H,20,21)(H,18,19,22)/b8-6+. The highest BCUT2D eigenvalue weighted by atomic mass is 35.5. The van der Waals surface area contributed by atoms with Crippen molar-refractivity contribution in [1.29, 1.82) is 0 Å². The number of halogens is 1. The molecule has 140 valence electrons. The van der Waals surface area contributed by atoms with Crippen molar-refractivity contribution in [2.24, 2.45) is 0 Å². The first kappa shape index (κ1) is 19.5. The first-order chi connectivity index (χ1) is 12.8. The molecule has 2 heterocycles. The second kappa shape index (κ2) is 8.17. The average molecular weight is 441 g/mol. The number of amides is 1. The number of carbonyl (C=O) groups is 1. The molecule has 0 saturated heterocycles. The van der Waals surface area contributed by atoms with Gasteiger partial charge in [0, 0.05) is 20.9 Å². The number of aromatic nitrogens is 2. The molecule has 0 radical (unpaired) electrons. The normalized spacial score (nSPS) is 11.6. The van der Waals surface area contributed by atoms with E-state index in [9.17, 15) is 13.2 Å². The van der Waals surface area contributed by atoms with E-state index < -0.39 is 15.9 Å².